The van der Waals surface area contributed by atoms with Crippen molar-refractivity contribution in [3.8, 4) is 0 Å². The van der Waals surface area contributed by atoms with Gasteiger partial charge in [-0.05, 0) is 24.6 Å². The average molecular weight is 472 g/mol. The number of imidazole rings is 1. The van der Waals surface area contributed by atoms with Crippen LogP contribution >= 0.6 is 0 Å². The quantitative estimate of drug-likeness (QED) is 0.543. The summed E-state index contributed by atoms with van der Waals surface area (Å²) in [6.07, 6.45) is 5.04. The molecular weight excluding hydrogens is 440 g/mol. The summed E-state index contributed by atoms with van der Waals surface area (Å²) in [6, 6.07) is 3.15. The number of halogens is 2. The van der Waals surface area contributed by atoms with Crippen LogP contribution in [0.1, 0.15) is 23.0 Å². The number of allylic oxidation sites excluding steroid dienone is 4. The second-order valence-electron chi connectivity index (χ2n) is 8.21. The Morgan fingerprint density at radius 3 is 2.71 bits per heavy atom. The molecular formula is C25H31F2N5O2. The van der Waals surface area contributed by atoms with Crippen molar-refractivity contribution in [2.45, 2.75) is 18.9 Å². The van der Waals surface area contributed by atoms with Gasteiger partial charge in [-0.1, -0.05) is 37.5 Å². The lowest BCUT2D eigenvalue weighted by Gasteiger charge is -2.21. The van der Waals surface area contributed by atoms with Crippen molar-refractivity contribution in [2.24, 2.45) is 7.05 Å². The summed E-state index contributed by atoms with van der Waals surface area (Å²) in [4.78, 5) is 19.7. The third-order valence-electron chi connectivity index (χ3n) is 6.04. The van der Waals surface area contributed by atoms with Gasteiger partial charge in [-0.3, -0.25) is 10.2 Å². The van der Waals surface area contributed by atoms with Crippen LogP contribution in [0.2, 0.25) is 0 Å². The summed E-state index contributed by atoms with van der Waals surface area (Å²) >= 11 is 0. The number of methoxy groups -OCH3 is 1. The fourth-order valence-corrected chi connectivity index (χ4v) is 4.15. The van der Waals surface area contributed by atoms with Gasteiger partial charge < -0.3 is 14.6 Å². The van der Waals surface area contributed by atoms with Gasteiger partial charge in [0, 0.05) is 45.3 Å². The van der Waals surface area contributed by atoms with Gasteiger partial charge in [0.2, 0.25) is 0 Å². The number of benzene rings is 1. The van der Waals surface area contributed by atoms with Crippen LogP contribution in [0.4, 0.5) is 19.4 Å². The summed E-state index contributed by atoms with van der Waals surface area (Å²) in [7, 11) is 3.43. The van der Waals surface area contributed by atoms with Crippen molar-refractivity contribution >= 4 is 17.4 Å². The van der Waals surface area contributed by atoms with Gasteiger partial charge >= 0.3 is 6.03 Å². The van der Waals surface area contributed by atoms with E-state index in [1.165, 1.54) is 6.07 Å². The molecule has 1 aromatic carbocycles. The molecule has 2 atom stereocenters. The zero-order valence-electron chi connectivity index (χ0n) is 19.8. The number of ether oxygens (including phenoxy) is 1. The van der Waals surface area contributed by atoms with Crippen molar-refractivity contribution in [1.82, 2.24) is 19.8 Å². The largest absolute Gasteiger partial charge is 0.383 e. The Hall–Kier alpha value is -3.30. The lowest BCUT2D eigenvalue weighted by molar-refractivity contribution is 0.159. The number of carbonyl (C=O) groups is 1. The second-order valence-corrected chi connectivity index (χ2v) is 8.21. The maximum Gasteiger partial charge on any atom is 0.320 e. The van der Waals surface area contributed by atoms with Crippen LogP contribution in [0, 0.1) is 18.6 Å². The molecule has 0 aliphatic carbocycles. The standard InChI is InChI=1S/C25H31F2N5O2/c1-6-8-17(7-2)23-24(31(4)16(3)28-23)30-25(33)29-22-15-32(11-12-34-5)14-19(22)18-9-10-20(26)21(27)13-18/h6-10,13,19,22H,1-2,11-12,14-15H2,3-5H3,(H2,29,30,33)/b17-8+/t19-,22+/m0/s1. The number of carbonyl (C=O) groups excluding carboxylic acids is 1. The number of likely N-dealkylation sites (tertiary alicyclic amines) is 1. The number of nitrogens with zero attached hydrogens (tertiary/aromatic N) is 3. The molecule has 1 saturated heterocycles. The van der Waals surface area contributed by atoms with Gasteiger partial charge in [-0.2, -0.15) is 0 Å². The Kier molecular flexibility index (Phi) is 8.36. The van der Waals surface area contributed by atoms with E-state index in [1.807, 2.05) is 14.0 Å². The summed E-state index contributed by atoms with van der Waals surface area (Å²) in [5, 5.41) is 5.91. The number of anilines is 1. The number of nitrogens with one attached hydrogen (secondary N) is 2. The van der Waals surface area contributed by atoms with E-state index >= 15 is 0 Å². The van der Waals surface area contributed by atoms with Crippen LogP contribution in [0.5, 0.6) is 0 Å². The Labute approximate surface area is 198 Å². The second kappa shape index (κ2) is 11.2. The van der Waals surface area contributed by atoms with Crippen LogP contribution in [0.3, 0.4) is 0 Å². The third kappa shape index (κ3) is 5.60. The molecule has 3 rings (SSSR count). The number of rotatable bonds is 9. The van der Waals surface area contributed by atoms with Gasteiger partial charge in [0.25, 0.3) is 0 Å². The first-order valence-electron chi connectivity index (χ1n) is 11.0. The summed E-state index contributed by atoms with van der Waals surface area (Å²) in [5.41, 5.74) is 1.93. The highest BCUT2D eigenvalue weighted by atomic mass is 19.2. The van der Waals surface area contributed by atoms with Crippen molar-refractivity contribution < 1.29 is 18.3 Å². The predicted octanol–water partition coefficient (Wildman–Crippen LogP) is 4.00. The minimum Gasteiger partial charge on any atom is -0.383 e. The smallest absolute Gasteiger partial charge is 0.320 e. The van der Waals surface area contributed by atoms with E-state index in [0.717, 1.165) is 11.6 Å². The topological polar surface area (TPSA) is 71.4 Å². The molecule has 34 heavy (non-hydrogen) atoms. The monoisotopic (exact) mass is 471 g/mol. The molecule has 2 amide bonds. The molecule has 7 nitrogen and oxygen atoms in total. The minimum absolute atomic E-state index is 0.213. The molecule has 1 fully saturated rings. The van der Waals surface area contributed by atoms with Crippen LogP contribution in [-0.2, 0) is 11.8 Å². The fourth-order valence-electron chi connectivity index (χ4n) is 4.15. The number of amides is 2. The first-order chi connectivity index (χ1) is 16.3. The molecule has 0 saturated carbocycles. The third-order valence-corrected chi connectivity index (χ3v) is 6.04. The van der Waals surface area contributed by atoms with Crippen LogP contribution < -0.4 is 10.6 Å². The van der Waals surface area contributed by atoms with E-state index in [0.29, 0.717) is 49.1 Å². The lowest BCUT2D eigenvalue weighted by atomic mass is 9.94. The highest BCUT2D eigenvalue weighted by Crippen LogP contribution is 2.29. The van der Waals surface area contributed by atoms with Crippen LogP contribution in [0.25, 0.3) is 5.57 Å². The highest BCUT2D eigenvalue weighted by molar-refractivity contribution is 5.93. The molecule has 0 bridgehead atoms. The van der Waals surface area contributed by atoms with Crippen molar-refractivity contribution in [3.63, 3.8) is 0 Å². The Morgan fingerprint density at radius 1 is 1.29 bits per heavy atom. The van der Waals surface area contributed by atoms with Crippen molar-refractivity contribution in [1.29, 1.82) is 0 Å². The highest BCUT2D eigenvalue weighted by Gasteiger charge is 2.35. The zero-order valence-corrected chi connectivity index (χ0v) is 19.8. The first kappa shape index (κ1) is 25.3. The minimum atomic E-state index is -0.906. The van der Waals surface area contributed by atoms with Gasteiger partial charge in [0.1, 0.15) is 17.3 Å². The van der Waals surface area contributed by atoms with E-state index < -0.39 is 17.7 Å². The van der Waals surface area contributed by atoms with E-state index in [4.69, 9.17) is 4.74 Å². The predicted molar refractivity (Wildman–Crippen MR) is 130 cm³/mol. The lowest BCUT2D eigenvalue weighted by Crippen LogP contribution is -2.42. The average Bonchev–Trinajstić information content (AvgIpc) is 3.33. The molecule has 0 spiro atoms. The number of aromatic nitrogens is 2. The van der Waals surface area contributed by atoms with Crippen LogP contribution in [0.15, 0.2) is 49.6 Å². The number of hydrogen-bond donors (Lipinski definition) is 2. The number of aryl methyl sites for hydroxylation is 1. The molecule has 1 aliphatic heterocycles. The zero-order chi connectivity index (χ0) is 24.8. The van der Waals surface area contributed by atoms with Crippen molar-refractivity contribution in [3.05, 3.63) is 78.3 Å². The number of urea groups is 1. The maximum atomic E-state index is 13.9. The molecule has 182 valence electrons. The van der Waals surface area contributed by atoms with Gasteiger partial charge in [0.05, 0.1) is 12.6 Å². The fraction of sp³-hybridized carbons (Fsp3) is 0.360. The maximum absolute atomic E-state index is 13.9. The Balaban J connectivity index is 1.83. The molecule has 2 heterocycles. The number of hydrogen-bond acceptors (Lipinski definition) is 4. The Morgan fingerprint density at radius 2 is 2.06 bits per heavy atom. The van der Waals surface area contributed by atoms with Gasteiger partial charge in [-0.15, -0.1) is 0 Å². The molecule has 9 heteroatoms. The molecule has 0 radical (unpaired) electrons. The van der Waals surface area contributed by atoms with Gasteiger partial charge in [0.15, 0.2) is 11.6 Å². The van der Waals surface area contributed by atoms with E-state index in [1.54, 1.807) is 36.0 Å². The molecule has 1 aromatic heterocycles. The van der Waals surface area contributed by atoms with Gasteiger partial charge in [-0.25, -0.2) is 18.6 Å². The summed E-state index contributed by atoms with van der Waals surface area (Å²) < 4.78 is 34.4. The van der Waals surface area contributed by atoms with Crippen molar-refractivity contribution in [2.75, 3.05) is 38.7 Å². The van der Waals surface area contributed by atoms with E-state index in [2.05, 4.69) is 33.7 Å². The van der Waals surface area contributed by atoms with E-state index in [-0.39, 0.29) is 12.0 Å². The molecule has 1 aliphatic rings. The molecule has 2 N–H and O–H groups in total. The summed E-state index contributed by atoms with van der Waals surface area (Å²) in [6.45, 7) is 11.7. The SMILES string of the molecule is C=C/C=C(\C=C)c1nc(C)n(C)c1NC(=O)N[C@@H]1CN(CCOC)C[C@H]1c1ccc(F)c(F)c1. The summed E-state index contributed by atoms with van der Waals surface area (Å²) in [5.74, 6) is -0.785. The molecule has 0 unspecified atom stereocenters. The normalized spacial score (nSPS) is 18.7. The Bertz CT molecular complexity index is 1100. The molecule has 2 aromatic rings. The first-order valence-corrected chi connectivity index (χ1v) is 11.0. The van der Waals surface area contributed by atoms with Crippen LogP contribution in [-0.4, -0.2) is 59.9 Å². The van der Waals surface area contributed by atoms with E-state index in [9.17, 15) is 13.6 Å².